The summed E-state index contributed by atoms with van der Waals surface area (Å²) in [5.74, 6) is 0.869. The molecule has 1 aliphatic heterocycles. The van der Waals surface area contributed by atoms with Gasteiger partial charge in [-0.3, -0.25) is 9.69 Å². The van der Waals surface area contributed by atoms with Gasteiger partial charge >= 0.3 is 0 Å². The molecular weight excluding hydrogens is 461 g/mol. The van der Waals surface area contributed by atoms with Crippen molar-refractivity contribution in [2.45, 2.75) is 6.42 Å². The number of likely N-dealkylation sites (tertiary alicyclic amines) is 1. The second-order valence-electron chi connectivity index (χ2n) is 9.50. The number of aromatic amines is 1. The van der Waals surface area contributed by atoms with Gasteiger partial charge < -0.3 is 19.7 Å². The average molecular weight is 490 g/mol. The van der Waals surface area contributed by atoms with Crippen LogP contribution >= 0.6 is 0 Å². The Kier molecular flexibility index (Phi) is 6.48. The van der Waals surface area contributed by atoms with E-state index in [2.05, 4.69) is 27.0 Å². The highest BCUT2D eigenvalue weighted by molar-refractivity contribution is 5.99. The van der Waals surface area contributed by atoms with Gasteiger partial charge in [-0.25, -0.2) is 9.37 Å². The molecule has 1 amide bonds. The number of carbonyl (C=O) groups is 1. The summed E-state index contributed by atoms with van der Waals surface area (Å²) in [4.78, 5) is 23.9. The molecule has 0 radical (unpaired) electrons. The molecule has 1 aromatic carbocycles. The number of hydrogen-bond donors (Lipinski definition) is 2. The number of halogens is 1. The number of carbonyl (C=O) groups excluding carboxylic acids is 1. The quantitative estimate of drug-likeness (QED) is 0.529. The Morgan fingerprint density at radius 2 is 2.22 bits per heavy atom. The average Bonchev–Trinajstić information content (AvgIpc) is 3.56. The summed E-state index contributed by atoms with van der Waals surface area (Å²) in [6.07, 6.45) is 4.64. The Hall–Kier alpha value is -3.74. The highest BCUT2D eigenvalue weighted by Gasteiger charge is 2.37. The number of pyridine rings is 1. The molecule has 3 aromatic rings. The number of amides is 1. The Labute approximate surface area is 208 Å². The van der Waals surface area contributed by atoms with E-state index in [1.54, 1.807) is 18.0 Å². The highest BCUT2D eigenvalue weighted by atomic mass is 19.1. The Bertz CT molecular complexity index is 1390. The molecule has 8 nitrogen and oxygen atoms in total. The van der Waals surface area contributed by atoms with Crippen LogP contribution in [-0.2, 0) is 4.79 Å². The fraction of sp³-hybridized carbons (Fsp3) is 0.370. The number of ether oxygens (including phenoxy) is 1. The molecule has 0 spiro atoms. The van der Waals surface area contributed by atoms with Gasteiger partial charge in [-0.05, 0) is 48.1 Å². The Balaban J connectivity index is 1.43. The van der Waals surface area contributed by atoms with E-state index >= 15 is 0 Å². The summed E-state index contributed by atoms with van der Waals surface area (Å²) in [5.41, 5.74) is 4.20. The van der Waals surface area contributed by atoms with Gasteiger partial charge in [0.15, 0.2) is 0 Å². The first-order valence-corrected chi connectivity index (χ1v) is 12.0. The summed E-state index contributed by atoms with van der Waals surface area (Å²) < 4.78 is 19.6. The number of nitrogens with zero attached hydrogens (tertiary/aromatic N) is 4. The van der Waals surface area contributed by atoms with Crippen molar-refractivity contribution in [1.82, 2.24) is 19.8 Å². The number of aliphatic hydroxyl groups excluding tert-OH is 1. The first-order valence-electron chi connectivity index (χ1n) is 12.0. The lowest BCUT2D eigenvalue weighted by molar-refractivity contribution is -0.131. The molecule has 1 saturated heterocycles. The predicted octanol–water partition coefficient (Wildman–Crippen LogP) is 3.04. The van der Waals surface area contributed by atoms with E-state index in [0.717, 1.165) is 30.6 Å². The molecule has 2 aliphatic rings. The molecule has 2 aromatic heterocycles. The van der Waals surface area contributed by atoms with E-state index in [1.165, 1.54) is 31.0 Å². The van der Waals surface area contributed by atoms with Crippen LogP contribution in [0.15, 0.2) is 36.5 Å². The van der Waals surface area contributed by atoms with Crippen molar-refractivity contribution < 1.29 is 19.0 Å². The summed E-state index contributed by atoms with van der Waals surface area (Å²) in [6, 6.07) is 8.45. The number of fused-ring (bicyclic) bond motifs is 2. The van der Waals surface area contributed by atoms with Crippen LogP contribution < -0.4 is 4.74 Å². The van der Waals surface area contributed by atoms with Crippen LogP contribution in [0, 0.1) is 29.0 Å². The predicted molar refractivity (Wildman–Crippen MR) is 133 cm³/mol. The van der Waals surface area contributed by atoms with Crippen molar-refractivity contribution in [2.75, 3.05) is 46.9 Å². The standard InChI is InChI=1S/C27H28FN5O3/c1-32(5-6-34)25(35)15-33-13-17-7-16(8-18(17)14-33)23-10-22-26(19(11-29)12-30-27(22)31-23)21-9-20(28)3-4-24(21)36-2/h3-4,7,9-10,12,17-18,34H,5-6,8,13-15H2,1-2H3,(H,30,31). The molecule has 2 atom stereocenters. The van der Waals surface area contributed by atoms with Gasteiger partial charge in [0, 0.05) is 55.1 Å². The number of hydrogen-bond acceptors (Lipinski definition) is 6. The van der Waals surface area contributed by atoms with Crippen molar-refractivity contribution in [3.8, 4) is 22.9 Å². The molecule has 9 heteroatoms. The minimum atomic E-state index is -0.410. The van der Waals surface area contributed by atoms with Crippen LogP contribution in [0.25, 0.3) is 27.7 Å². The maximum Gasteiger partial charge on any atom is 0.236 e. The third-order valence-electron chi connectivity index (χ3n) is 7.24. The van der Waals surface area contributed by atoms with Crippen molar-refractivity contribution in [2.24, 2.45) is 11.8 Å². The van der Waals surface area contributed by atoms with E-state index in [4.69, 9.17) is 9.84 Å². The van der Waals surface area contributed by atoms with E-state index in [-0.39, 0.29) is 12.5 Å². The highest BCUT2D eigenvalue weighted by Crippen LogP contribution is 2.43. The largest absolute Gasteiger partial charge is 0.496 e. The number of allylic oxidation sites excluding steroid dienone is 1. The molecule has 5 rings (SSSR count). The van der Waals surface area contributed by atoms with Gasteiger partial charge in [-0.1, -0.05) is 6.08 Å². The number of rotatable bonds is 7. The number of nitriles is 1. The summed E-state index contributed by atoms with van der Waals surface area (Å²) in [7, 11) is 3.23. The van der Waals surface area contributed by atoms with Crippen molar-refractivity contribution >= 4 is 22.5 Å². The minimum absolute atomic E-state index is 0.0171. The number of likely N-dealkylation sites (N-methyl/N-ethyl adjacent to an activating group) is 1. The van der Waals surface area contributed by atoms with Crippen LogP contribution in [-0.4, -0.2) is 77.7 Å². The molecule has 1 fully saturated rings. The fourth-order valence-corrected chi connectivity index (χ4v) is 5.42. The maximum absolute atomic E-state index is 14.2. The normalized spacial score (nSPS) is 19.2. The van der Waals surface area contributed by atoms with E-state index in [9.17, 15) is 14.4 Å². The number of aliphatic hydroxyl groups is 1. The molecule has 36 heavy (non-hydrogen) atoms. The molecule has 2 unspecified atom stereocenters. The topological polar surface area (TPSA) is 105 Å². The molecule has 186 valence electrons. The first-order chi connectivity index (χ1) is 17.4. The van der Waals surface area contributed by atoms with E-state index in [0.29, 0.717) is 53.0 Å². The summed E-state index contributed by atoms with van der Waals surface area (Å²) in [5, 5.41) is 19.6. The van der Waals surface area contributed by atoms with Crippen LogP contribution in [0.2, 0.25) is 0 Å². The third-order valence-corrected chi connectivity index (χ3v) is 7.24. The molecule has 0 saturated carbocycles. The fourth-order valence-electron chi connectivity index (χ4n) is 5.42. The van der Waals surface area contributed by atoms with E-state index in [1.807, 2.05) is 6.07 Å². The van der Waals surface area contributed by atoms with Crippen LogP contribution in [0.3, 0.4) is 0 Å². The number of H-pyrrole nitrogens is 1. The second-order valence-corrected chi connectivity index (χ2v) is 9.50. The SMILES string of the molecule is COc1ccc(F)cc1-c1c(C#N)cnc2[nH]c(C3=CC4CN(CC(=O)N(C)CCO)CC4C3)cc12. The van der Waals surface area contributed by atoms with Crippen LogP contribution in [0.5, 0.6) is 5.75 Å². The van der Waals surface area contributed by atoms with Gasteiger partial charge in [-0.15, -0.1) is 0 Å². The smallest absolute Gasteiger partial charge is 0.236 e. The Morgan fingerprint density at radius 3 is 2.94 bits per heavy atom. The lowest BCUT2D eigenvalue weighted by Crippen LogP contribution is -2.38. The van der Waals surface area contributed by atoms with Crippen LogP contribution in [0.1, 0.15) is 17.7 Å². The van der Waals surface area contributed by atoms with Crippen molar-refractivity contribution in [3.05, 3.63) is 53.6 Å². The third kappa shape index (κ3) is 4.34. The zero-order valence-corrected chi connectivity index (χ0v) is 20.3. The van der Waals surface area contributed by atoms with Gasteiger partial charge in [0.1, 0.15) is 23.3 Å². The molecule has 1 aliphatic carbocycles. The van der Waals surface area contributed by atoms with Crippen molar-refractivity contribution in [3.63, 3.8) is 0 Å². The number of nitrogens with one attached hydrogen (secondary N) is 1. The zero-order valence-electron chi connectivity index (χ0n) is 20.3. The maximum atomic E-state index is 14.2. The van der Waals surface area contributed by atoms with Crippen LogP contribution in [0.4, 0.5) is 4.39 Å². The first kappa shape index (κ1) is 24.0. The summed E-state index contributed by atoms with van der Waals surface area (Å²) in [6.45, 7) is 2.32. The van der Waals surface area contributed by atoms with Gasteiger partial charge in [0.25, 0.3) is 0 Å². The Morgan fingerprint density at radius 1 is 1.39 bits per heavy atom. The number of benzene rings is 1. The van der Waals surface area contributed by atoms with Crippen molar-refractivity contribution in [1.29, 1.82) is 5.26 Å². The number of aromatic nitrogens is 2. The van der Waals surface area contributed by atoms with Gasteiger partial charge in [-0.2, -0.15) is 5.26 Å². The molecule has 0 bridgehead atoms. The van der Waals surface area contributed by atoms with Gasteiger partial charge in [0.05, 0.1) is 25.8 Å². The minimum Gasteiger partial charge on any atom is -0.496 e. The second kappa shape index (κ2) is 9.72. The van der Waals surface area contributed by atoms with E-state index < -0.39 is 5.82 Å². The molecule has 2 N–H and O–H groups in total. The number of methoxy groups -OCH3 is 1. The lowest BCUT2D eigenvalue weighted by atomic mass is 9.97. The monoisotopic (exact) mass is 489 g/mol. The zero-order chi connectivity index (χ0) is 25.4. The lowest BCUT2D eigenvalue weighted by Gasteiger charge is -2.21. The molecular formula is C27H28FN5O3. The molecule has 3 heterocycles. The summed E-state index contributed by atoms with van der Waals surface area (Å²) >= 11 is 0. The van der Waals surface area contributed by atoms with Gasteiger partial charge in [0.2, 0.25) is 5.91 Å².